The first-order valence-corrected chi connectivity index (χ1v) is 4.36. The van der Waals surface area contributed by atoms with Crippen molar-refractivity contribution in [2.75, 3.05) is 0 Å². The molecule has 0 aliphatic carbocycles. The van der Waals surface area contributed by atoms with Gasteiger partial charge in [0.2, 0.25) is 0 Å². The summed E-state index contributed by atoms with van der Waals surface area (Å²) in [5.41, 5.74) is 1.69. The Kier molecular flexibility index (Phi) is 2.21. The summed E-state index contributed by atoms with van der Waals surface area (Å²) >= 11 is 0. The summed E-state index contributed by atoms with van der Waals surface area (Å²) < 4.78 is 1.41. The summed E-state index contributed by atoms with van der Waals surface area (Å²) in [4.78, 5) is 10.8. The van der Waals surface area contributed by atoms with Crippen molar-refractivity contribution in [1.82, 2.24) is 15.0 Å². The molecule has 0 saturated carbocycles. The highest BCUT2D eigenvalue weighted by molar-refractivity contribution is 5.83. The van der Waals surface area contributed by atoms with Crippen LogP contribution in [0, 0.1) is 0 Å². The van der Waals surface area contributed by atoms with Crippen LogP contribution in [-0.2, 0) is 7.05 Å². The molecule has 0 amide bonds. The molecular formula is C10H9N3O2. The monoisotopic (exact) mass is 203 g/mol. The molecule has 2 aromatic rings. The maximum Gasteiger partial charge on any atom is 0.170 e. The first-order chi connectivity index (χ1) is 7.22. The molecule has 1 heterocycles. The third-order valence-electron chi connectivity index (χ3n) is 2.12. The number of hydrogen-bond donors (Lipinski definition) is 1. The average Bonchev–Trinajstić information content (AvgIpc) is 2.61. The van der Waals surface area contributed by atoms with E-state index in [1.54, 1.807) is 31.3 Å². The van der Waals surface area contributed by atoms with Gasteiger partial charge in [-0.05, 0) is 24.3 Å². The van der Waals surface area contributed by atoms with E-state index in [0.29, 0.717) is 17.7 Å². The van der Waals surface area contributed by atoms with Crippen LogP contribution in [0.4, 0.5) is 0 Å². The average molecular weight is 203 g/mol. The molecule has 0 radical (unpaired) electrons. The number of benzene rings is 1. The number of aromatic nitrogens is 3. The van der Waals surface area contributed by atoms with Gasteiger partial charge in [0, 0.05) is 12.6 Å². The number of carbonyl (C=O) groups excluding carboxylic acids is 1. The van der Waals surface area contributed by atoms with Gasteiger partial charge in [-0.25, -0.2) is 4.68 Å². The fraction of sp³-hybridized carbons (Fsp3) is 0.100. The summed E-state index contributed by atoms with van der Waals surface area (Å²) in [5.74, 6) is 0.176. The molecular weight excluding hydrogens is 194 g/mol. The molecule has 15 heavy (non-hydrogen) atoms. The normalized spacial score (nSPS) is 10.2. The first kappa shape index (κ1) is 9.39. The fourth-order valence-electron chi connectivity index (χ4n) is 1.32. The number of phenols is 1. The zero-order chi connectivity index (χ0) is 10.8. The number of aryl methyl sites for hydroxylation is 1. The third kappa shape index (κ3) is 1.59. The van der Waals surface area contributed by atoms with E-state index in [9.17, 15) is 4.79 Å². The van der Waals surface area contributed by atoms with Gasteiger partial charge in [-0.1, -0.05) is 5.21 Å². The Hall–Kier alpha value is -2.17. The number of hydrogen-bond acceptors (Lipinski definition) is 4. The van der Waals surface area contributed by atoms with Crippen molar-refractivity contribution in [3.05, 3.63) is 30.0 Å². The van der Waals surface area contributed by atoms with E-state index in [0.717, 1.165) is 5.56 Å². The van der Waals surface area contributed by atoms with Gasteiger partial charge in [-0.2, -0.15) is 0 Å². The summed E-state index contributed by atoms with van der Waals surface area (Å²) in [6, 6.07) is 6.45. The number of aldehydes is 1. The van der Waals surface area contributed by atoms with Crippen molar-refractivity contribution in [1.29, 1.82) is 0 Å². The van der Waals surface area contributed by atoms with E-state index < -0.39 is 0 Å². The predicted octanol–water partition coefficient (Wildman–Crippen LogP) is 1.00. The molecule has 1 aromatic carbocycles. The van der Waals surface area contributed by atoms with E-state index in [1.807, 2.05) is 0 Å². The zero-order valence-corrected chi connectivity index (χ0v) is 8.08. The lowest BCUT2D eigenvalue weighted by atomic mass is 10.1. The molecule has 1 aromatic heterocycles. The molecule has 1 N–H and O–H groups in total. The summed E-state index contributed by atoms with van der Waals surface area (Å²) in [7, 11) is 1.65. The summed E-state index contributed by atoms with van der Waals surface area (Å²) in [5, 5.41) is 16.8. The quantitative estimate of drug-likeness (QED) is 0.739. The van der Waals surface area contributed by atoms with Gasteiger partial charge < -0.3 is 5.11 Å². The Balaban J connectivity index is 2.53. The molecule has 5 nitrogen and oxygen atoms in total. The molecule has 0 fully saturated rings. The maximum atomic E-state index is 10.8. The van der Waals surface area contributed by atoms with E-state index >= 15 is 0 Å². The van der Waals surface area contributed by atoms with Crippen LogP contribution in [0.25, 0.3) is 11.3 Å². The molecule has 76 valence electrons. The molecule has 0 bridgehead atoms. The van der Waals surface area contributed by atoms with E-state index in [1.165, 1.54) is 4.68 Å². The number of phenolic OH excluding ortho intramolecular Hbond substituents is 1. The summed E-state index contributed by atoms with van der Waals surface area (Å²) in [6.45, 7) is 0. The van der Waals surface area contributed by atoms with Crippen LogP contribution in [-0.4, -0.2) is 26.4 Å². The fourth-order valence-corrected chi connectivity index (χ4v) is 1.32. The second-order valence-electron chi connectivity index (χ2n) is 3.11. The Morgan fingerprint density at radius 3 is 2.60 bits per heavy atom. The van der Waals surface area contributed by atoms with Gasteiger partial charge >= 0.3 is 0 Å². The Morgan fingerprint density at radius 1 is 1.33 bits per heavy atom. The minimum Gasteiger partial charge on any atom is -0.508 e. The van der Waals surface area contributed by atoms with E-state index in [-0.39, 0.29) is 5.75 Å². The van der Waals surface area contributed by atoms with Crippen molar-refractivity contribution < 1.29 is 9.90 Å². The van der Waals surface area contributed by atoms with Crippen LogP contribution in [0.3, 0.4) is 0 Å². The number of carbonyl (C=O) groups is 1. The van der Waals surface area contributed by atoms with E-state index in [2.05, 4.69) is 10.3 Å². The van der Waals surface area contributed by atoms with Gasteiger partial charge in [0.25, 0.3) is 0 Å². The number of nitrogens with zero attached hydrogens (tertiary/aromatic N) is 3. The van der Waals surface area contributed by atoms with Gasteiger partial charge in [0.1, 0.15) is 17.1 Å². The minimum absolute atomic E-state index is 0.176. The topological polar surface area (TPSA) is 68.0 Å². The highest BCUT2D eigenvalue weighted by Gasteiger charge is 2.11. The van der Waals surface area contributed by atoms with Crippen molar-refractivity contribution in [2.24, 2.45) is 7.05 Å². The lowest BCUT2D eigenvalue weighted by molar-refractivity contribution is 0.111. The predicted molar refractivity (Wildman–Crippen MR) is 53.5 cm³/mol. The lowest BCUT2D eigenvalue weighted by Gasteiger charge is -1.97. The summed E-state index contributed by atoms with van der Waals surface area (Å²) in [6.07, 6.45) is 0.711. The number of rotatable bonds is 2. The van der Waals surface area contributed by atoms with Crippen molar-refractivity contribution in [3.63, 3.8) is 0 Å². The number of aromatic hydroxyl groups is 1. The van der Waals surface area contributed by atoms with Gasteiger partial charge in [0.05, 0.1) is 0 Å². The SMILES string of the molecule is Cn1nnc(-c2ccc(O)cc2)c1C=O. The van der Waals surface area contributed by atoms with Gasteiger partial charge in [-0.3, -0.25) is 4.79 Å². The smallest absolute Gasteiger partial charge is 0.170 e. The lowest BCUT2D eigenvalue weighted by Crippen LogP contribution is -1.96. The second-order valence-corrected chi connectivity index (χ2v) is 3.11. The molecule has 0 aliphatic rings. The van der Waals surface area contributed by atoms with Crippen molar-refractivity contribution >= 4 is 6.29 Å². The van der Waals surface area contributed by atoms with Crippen LogP contribution in [0.5, 0.6) is 5.75 Å². The second kappa shape index (κ2) is 3.53. The van der Waals surface area contributed by atoms with Crippen molar-refractivity contribution in [3.8, 4) is 17.0 Å². The van der Waals surface area contributed by atoms with Crippen LogP contribution >= 0.6 is 0 Å². The van der Waals surface area contributed by atoms with Crippen LogP contribution in [0.15, 0.2) is 24.3 Å². The molecule has 0 unspecified atom stereocenters. The molecule has 0 spiro atoms. The van der Waals surface area contributed by atoms with E-state index in [4.69, 9.17) is 5.11 Å². The zero-order valence-electron chi connectivity index (χ0n) is 8.08. The molecule has 5 heteroatoms. The third-order valence-corrected chi connectivity index (χ3v) is 2.12. The Bertz CT molecular complexity index is 488. The molecule has 2 rings (SSSR count). The van der Waals surface area contributed by atoms with Gasteiger partial charge in [0.15, 0.2) is 6.29 Å². The van der Waals surface area contributed by atoms with Gasteiger partial charge in [-0.15, -0.1) is 5.10 Å². The highest BCUT2D eigenvalue weighted by atomic mass is 16.3. The maximum absolute atomic E-state index is 10.8. The minimum atomic E-state index is 0.176. The first-order valence-electron chi connectivity index (χ1n) is 4.36. The van der Waals surface area contributed by atoms with Crippen LogP contribution in [0.2, 0.25) is 0 Å². The molecule has 0 atom stereocenters. The van der Waals surface area contributed by atoms with Crippen molar-refractivity contribution in [2.45, 2.75) is 0 Å². The Labute approximate surface area is 86.0 Å². The highest BCUT2D eigenvalue weighted by Crippen LogP contribution is 2.21. The largest absolute Gasteiger partial charge is 0.508 e. The Morgan fingerprint density at radius 2 is 2.00 bits per heavy atom. The van der Waals surface area contributed by atoms with Crippen LogP contribution < -0.4 is 0 Å². The molecule has 0 aliphatic heterocycles. The van der Waals surface area contributed by atoms with Crippen LogP contribution in [0.1, 0.15) is 10.5 Å². The standard InChI is InChI=1S/C10H9N3O2/c1-13-9(6-14)10(11-12-13)7-2-4-8(15)5-3-7/h2-6,15H,1H3. The molecule has 0 saturated heterocycles.